The van der Waals surface area contributed by atoms with Gasteiger partial charge in [-0.15, -0.1) is 0 Å². The molecule has 0 bridgehead atoms. The van der Waals surface area contributed by atoms with E-state index in [1.807, 2.05) is 31.2 Å². The molecule has 0 radical (unpaired) electrons. The molecule has 1 atom stereocenters. The lowest BCUT2D eigenvalue weighted by atomic mass is 10.0. The molecule has 3 amide bonds. The van der Waals surface area contributed by atoms with Crippen LogP contribution in [0.3, 0.4) is 0 Å². The van der Waals surface area contributed by atoms with E-state index in [0.29, 0.717) is 17.5 Å². The molecule has 0 spiro atoms. The fraction of sp³-hybridized carbons (Fsp3) is 0.250. The molecule has 1 aliphatic heterocycles. The molecule has 0 saturated carbocycles. The lowest BCUT2D eigenvalue weighted by Gasteiger charge is -2.18. The van der Waals surface area contributed by atoms with Crippen LogP contribution >= 0.6 is 0 Å². The number of imide groups is 1. The van der Waals surface area contributed by atoms with Gasteiger partial charge >= 0.3 is 0 Å². The van der Waals surface area contributed by atoms with Gasteiger partial charge < -0.3 is 10.1 Å². The third-order valence-electron chi connectivity index (χ3n) is 4.58. The fourth-order valence-corrected chi connectivity index (χ4v) is 3.00. The van der Waals surface area contributed by atoms with E-state index >= 15 is 0 Å². The zero-order valence-electron chi connectivity index (χ0n) is 14.9. The summed E-state index contributed by atoms with van der Waals surface area (Å²) in [5.74, 6) is -0.269. The van der Waals surface area contributed by atoms with E-state index in [9.17, 15) is 14.4 Å². The van der Waals surface area contributed by atoms with Crippen LogP contribution in [0.1, 0.15) is 56.0 Å². The zero-order chi connectivity index (χ0) is 18.8. The number of ether oxygens (including phenoxy) is 1. The number of amides is 3. The second-order valence-electron chi connectivity index (χ2n) is 6.14. The quantitative estimate of drug-likeness (QED) is 0.840. The Hall–Kier alpha value is -3.15. The molecular weight excluding hydrogens is 332 g/mol. The molecule has 0 aliphatic carbocycles. The van der Waals surface area contributed by atoms with Crippen molar-refractivity contribution in [3.8, 4) is 5.75 Å². The first-order valence-electron chi connectivity index (χ1n) is 8.37. The topological polar surface area (TPSA) is 75.7 Å². The van der Waals surface area contributed by atoms with Crippen LogP contribution in [0.25, 0.3) is 0 Å². The van der Waals surface area contributed by atoms with Crippen molar-refractivity contribution in [1.29, 1.82) is 0 Å². The first-order chi connectivity index (χ1) is 12.5. The predicted octanol–water partition coefficient (Wildman–Crippen LogP) is 2.80. The average Bonchev–Trinajstić information content (AvgIpc) is 2.90. The molecule has 6 nitrogen and oxygen atoms in total. The van der Waals surface area contributed by atoms with E-state index < -0.39 is 0 Å². The maximum absolute atomic E-state index is 12.6. The lowest BCUT2D eigenvalue weighted by Crippen LogP contribution is -2.28. The van der Waals surface area contributed by atoms with Crippen molar-refractivity contribution in [3.05, 3.63) is 64.7 Å². The Morgan fingerprint density at radius 3 is 2.35 bits per heavy atom. The molecule has 2 aromatic carbocycles. The van der Waals surface area contributed by atoms with Crippen molar-refractivity contribution in [2.24, 2.45) is 0 Å². The van der Waals surface area contributed by atoms with Crippen LogP contribution in [-0.4, -0.2) is 36.8 Å². The molecule has 1 N–H and O–H groups in total. The van der Waals surface area contributed by atoms with Crippen molar-refractivity contribution in [2.75, 3.05) is 14.2 Å². The largest absolute Gasteiger partial charge is 0.497 e. The summed E-state index contributed by atoms with van der Waals surface area (Å²) in [6, 6.07) is 11.9. The van der Waals surface area contributed by atoms with Crippen LogP contribution in [0.15, 0.2) is 42.5 Å². The van der Waals surface area contributed by atoms with Crippen LogP contribution < -0.4 is 10.1 Å². The zero-order valence-corrected chi connectivity index (χ0v) is 14.9. The highest BCUT2D eigenvalue weighted by molar-refractivity contribution is 6.21. The number of nitrogens with one attached hydrogen (secondary N) is 1. The van der Waals surface area contributed by atoms with Crippen molar-refractivity contribution in [1.82, 2.24) is 10.2 Å². The summed E-state index contributed by atoms with van der Waals surface area (Å²) >= 11 is 0. The average molecular weight is 352 g/mol. The second kappa shape index (κ2) is 7.00. The smallest absolute Gasteiger partial charge is 0.261 e. The van der Waals surface area contributed by atoms with Crippen LogP contribution in [0.4, 0.5) is 0 Å². The summed E-state index contributed by atoms with van der Waals surface area (Å²) in [4.78, 5) is 37.7. The molecule has 1 heterocycles. The lowest BCUT2D eigenvalue weighted by molar-refractivity contribution is 0.0693. The molecule has 134 valence electrons. The van der Waals surface area contributed by atoms with E-state index in [1.54, 1.807) is 13.2 Å². The maximum Gasteiger partial charge on any atom is 0.261 e. The third-order valence-corrected chi connectivity index (χ3v) is 4.58. The minimum Gasteiger partial charge on any atom is -0.497 e. The van der Waals surface area contributed by atoms with E-state index in [1.165, 1.54) is 19.2 Å². The van der Waals surface area contributed by atoms with E-state index in [4.69, 9.17) is 4.74 Å². The summed E-state index contributed by atoms with van der Waals surface area (Å²) in [5.41, 5.74) is 1.92. The van der Waals surface area contributed by atoms with Crippen molar-refractivity contribution < 1.29 is 19.1 Å². The number of rotatable bonds is 5. The Kier molecular flexibility index (Phi) is 4.75. The van der Waals surface area contributed by atoms with E-state index in [2.05, 4.69) is 5.32 Å². The second-order valence-corrected chi connectivity index (χ2v) is 6.14. The summed E-state index contributed by atoms with van der Waals surface area (Å²) in [5, 5.41) is 2.98. The number of methoxy groups -OCH3 is 1. The van der Waals surface area contributed by atoms with Crippen LogP contribution in [0.2, 0.25) is 0 Å². The van der Waals surface area contributed by atoms with E-state index in [0.717, 1.165) is 16.2 Å². The highest BCUT2D eigenvalue weighted by Crippen LogP contribution is 2.24. The Morgan fingerprint density at radius 2 is 1.73 bits per heavy atom. The highest BCUT2D eigenvalue weighted by Gasteiger charge is 2.33. The Labute approximate surface area is 151 Å². The number of hydrogen-bond acceptors (Lipinski definition) is 4. The number of nitrogens with zero attached hydrogens (tertiary/aromatic N) is 1. The fourth-order valence-electron chi connectivity index (χ4n) is 3.00. The minimum atomic E-state index is -0.387. The van der Waals surface area contributed by atoms with Gasteiger partial charge in [-0.25, -0.2) is 0 Å². The van der Waals surface area contributed by atoms with Gasteiger partial charge in [0.05, 0.1) is 24.3 Å². The Balaban J connectivity index is 1.81. The first-order valence-corrected chi connectivity index (χ1v) is 8.37. The number of fused-ring (bicyclic) bond motifs is 1. The molecule has 6 heteroatoms. The number of carbonyl (C=O) groups excluding carboxylic acids is 3. The molecule has 3 rings (SSSR count). The number of hydrogen-bond donors (Lipinski definition) is 1. The van der Waals surface area contributed by atoms with Gasteiger partial charge in [-0.05, 0) is 42.3 Å². The molecule has 1 unspecified atom stereocenters. The summed E-state index contributed by atoms with van der Waals surface area (Å²) < 4.78 is 5.15. The Morgan fingerprint density at radius 1 is 1.08 bits per heavy atom. The molecular formula is C20H20N2O4. The first kappa shape index (κ1) is 17.7. The number of carbonyl (C=O) groups is 3. The van der Waals surface area contributed by atoms with Gasteiger partial charge in [0.1, 0.15) is 5.75 Å². The van der Waals surface area contributed by atoms with Gasteiger partial charge in [-0.3, -0.25) is 19.3 Å². The van der Waals surface area contributed by atoms with Gasteiger partial charge in [-0.2, -0.15) is 0 Å². The monoisotopic (exact) mass is 352 g/mol. The molecule has 0 saturated heterocycles. The van der Waals surface area contributed by atoms with Crippen LogP contribution in [0.5, 0.6) is 5.75 Å². The SMILES string of the molecule is CCC(NC(=O)c1ccc2c(c1)C(=O)N(C)C2=O)c1ccc(OC)cc1. The summed E-state index contributed by atoms with van der Waals surface area (Å²) in [7, 11) is 3.03. The molecule has 0 fully saturated rings. The van der Waals surface area contributed by atoms with E-state index in [-0.39, 0.29) is 29.3 Å². The van der Waals surface area contributed by atoms with Gasteiger partial charge in [-0.1, -0.05) is 19.1 Å². The van der Waals surface area contributed by atoms with Crippen molar-refractivity contribution in [3.63, 3.8) is 0 Å². The van der Waals surface area contributed by atoms with Gasteiger partial charge in [0.15, 0.2) is 0 Å². The van der Waals surface area contributed by atoms with Crippen molar-refractivity contribution >= 4 is 17.7 Å². The molecule has 2 aromatic rings. The van der Waals surface area contributed by atoms with Crippen LogP contribution in [0, 0.1) is 0 Å². The van der Waals surface area contributed by atoms with Gasteiger partial charge in [0, 0.05) is 12.6 Å². The van der Waals surface area contributed by atoms with Gasteiger partial charge in [0.25, 0.3) is 17.7 Å². The molecule has 0 aromatic heterocycles. The van der Waals surface area contributed by atoms with Crippen molar-refractivity contribution in [2.45, 2.75) is 19.4 Å². The van der Waals surface area contributed by atoms with Crippen LogP contribution in [-0.2, 0) is 0 Å². The van der Waals surface area contributed by atoms with Gasteiger partial charge in [0.2, 0.25) is 0 Å². The maximum atomic E-state index is 12.6. The summed E-state index contributed by atoms with van der Waals surface area (Å²) in [6.45, 7) is 1.98. The molecule has 1 aliphatic rings. The normalized spacial score (nSPS) is 14.2. The Bertz CT molecular complexity index is 874. The highest BCUT2D eigenvalue weighted by atomic mass is 16.5. The third kappa shape index (κ3) is 3.06. The summed E-state index contributed by atoms with van der Waals surface area (Å²) in [6.07, 6.45) is 0.711. The molecule has 26 heavy (non-hydrogen) atoms. The number of benzene rings is 2. The predicted molar refractivity (Wildman–Crippen MR) is 96.4 cm³/mol. The minimum absolute atomic E-state index is 0.165. The standard InChI is InChI=1S/C20H20N2O4/c1-4-17(12-5-8-14(26-3)9-6-12)21-18(23)13-7-10-15-16(11-13)20(25)22(2)19(15)24/h5-11,17H,4H2,1-3H3,(H,21,23).